The van der Waals surface area contributed by atoms with E-state index >= 15 is 0 Å². The van der Waals surface area contributed by atoms with Gasteiger partial charge >= 0.3 is 17.1 Å². The predicted molar refractivity (Wildman–Crippen MR) is 72.7 cm³/mol. The van der Waals surface area contributed by atoms with E-state index in [1.807, 2.05) is 6.92 Å². The van der Waals surface area contributed by atoms with Crippen LogP contribution in [0.3, 0.4) is 0 Å². The first-order chi connectivity index (χ1) is 8.24. The molecule has 1 heterocycles. The SMILES string of the molecule is CC1=CC=c2ccc3ccc(C)nc3c2=C[CH-]1.[Cu+]. The smallest absolute Gasteiger partial charge is 0.266 e. The Morgan fingerprint density at radius 3 is 2.61 bits per heavy atom. The number of pyridine rings is 1. The minimum Gasteiger partial charge on any atom is -0.266 e. The molecule has 94 valence electrons. The van der Waals surface area contributed by atoms with Crippen molar-refractivity contribution < 1.29 is 17.1 Å². The molecular weight excluding hydrogens is 270 g/mol. The Morgan fingerprint density at radius 2 is 1.78 bits per heavy atom. The summed E-state index contributed by atoms with van der Waals surface area (Å²) < 4.78 is 0. The minimum atomic E-state index is 0. The maximum Gasteiger partial charge on any atom is 1.00 e. The molecule has 0 bridgehead atoms. The van der Waals surface area contributed by atoms with Gasteiger partial charge in [-0.1, -0.05) is 35.6 Å². The third-order valence-corrected chi connectivity index (χ3v) is 3.11. The quantitative estimate of drug-likeness (QED) is 0.534. The van der Waals surface area contributed by atoms with Crippen molar-refractivity contribution in [2.24, 2.45) is 0 Å². The molecule has 0 spiro atoms. The van der Waals surface area contributed by atoms with Crippen molar-refractivity contribution in [1.82, 2.24) is 4.98 Å². The van der Waals surface area contributed by atoms with Crippen LogP contribution in [0.15, 0.2) is 35.9 Å². The Labute approximate surface area is 117 Å². The van der Waals surface area contributed by atoms with Crippen LogP contribution in [0.25, 0.3) is 23.1 Å². The standard InChI is InChI=1S/C16H14N.Cu/c1-11-3-6-13-8-9-14-7-5-12(2)17-16(14)15(13)10-4-11;/h3-10H,1-2H3;/q-1;+1. The molecule has 3 rings (SSSR count). The molecule has 0 fully saturated rings. The Hall–Kier alpha value is -1.50. The number of fused-ring (bicyclic) bond motifs is 3. The fraction of sp³-hybridized carbons (Fsp3) is 0.125. The van der Waals surface area contributed by atoms with E-state index in [2.05, 4.69) is 60.8 Å². The molecule has 1 aliphatic carbocycles. The van der Waals surface area contributed by atoms with Gasteiger partial charge < -0.3 is 0 Å². The van der Waals surface area contributed by atoms with Crippen molar-refractivity contribution >= 4 is 23.1 Å². The molecule has 0 aliphatic heterocycles. The number of rotatable bonds is 0. The van der Waals surface area contributed by atoms with E-state index in [1.54, 1.807) is 0 Å². The topological polar surface area (TPSA) is 12.9 Å². The van der Waals surface area contributed by atoms with Gasteiger partial charge in [0.25, 0.3) is 0 Å². The van der Waals surface area contributed by atoms with E-state index < -0.39 is 0 Å². The van der Waals surface area contributed by atoms with Crippen LogP contribution in [0.5, 0.6) is 0 Å². The largest absolute Gasteiger partial charge is 1.00 e. The Morgan fingerprint density at radius 1 is 1.00 bits per heavy atom. The van der Waals surface area contributed by atoms with Crippen molar-refractivity contribution in [1.29, 1.82) is 0 Å². The summed E-state index contributed by atoms with van der Waals surface area (Å²) in [5, 5.41) is 3.66. The number of nitrogens with zero attached hydrogens (tertiary/aromatic N) is 1. The third-order valence-electron chi connectivity index (χ3n) is 3.11. The molecule has 0 radical (unpaired) electrons. The number of allylic oxidation sites excluding steroid dienone is 2. The van der Waals surface area contributed by atoms with Crippen LogP contribution in [-0.4, -0.2) is 4.98 Å². The van der Waals surface area contributed by atoms with E-state index in [1.165, 1.54) is 21.4 Å². The zero-order chi connectivity index (χ0) is 11.8. The fourth-order valence-corrected chi connectivity index (χ4v) is 2.14. The number of benzene rings is 1. The van der Waals surface area contributed by atoms with E-state index in [9.17, 15) is 0 Å². The van der Waals surface area contributed by atoms with Gasteiger partial charge in [0.05, 0.1) is 0 Å². The first-order valence-corrected chi connectivity index (χ1v) is 5.84. The zero-order valence-electron chi connectivity index (χ0n) is 10.4. The molecule has 0 N–H and O–H groups in total. The summed E-state index contributed by atoms with van der Waals surface area (Å²) >= 11 is 0. The average Bonchev–Trinajstić information content (AvgIpc) is 2.52. The van der Waals surface area contributed by atoms with Gasteiger partial charge in [-0.3, -0.25) is 4.98 Å². The summed E-state index contributed by atoms with van der Waals surface area (Å²) in [5.41, 5.74) is 3.42. The van der Waals surface area contributed by atoms with Gasteiger partial charge in [0.2, 0.25) is 0 Å². The molecule has 1 nitrogen and oxygen atoms in total. The molecule has 1 aromatic carbocycles. The Bertz CT molecular complexity index is 742. The van der Waals surface area contributed by atoms with Crippen LogP contribution in [0.4, 0.5) is 0 Å². The maximum atomic E-state index is 4.66. The average molecular weight is 284 g/mol. The summed E-state index contributed by atoms with van der Waals surface area (Å²) in [4.78, 5) is 4.66. The van der Waals surface area contributed by atoms with Crippen LogP contribution in [0, 0.1) is 13.3 Å². The van der Waals surface area contributed by atoms with Crippen molar-refractivity contribution in [3.8, 4) is 0 Å². The van der Waals surface area contributed by atoms with Gasteiger partial charge in [-0.25, -0.2) is 0 Å². The van der Waals surface area contributed by atoms with Crippen molar-refractivity contribution in [3.63, 3.8) is 0 Å². The summed E-state index contributed by atoms with van der Waals surface area (Å²) in [6.45, 7) is 4.15. The third kappa shape index (κ3) is 2.22. The molecule has 0 atom stereocenters. The second kappa shape index (κ2) is 5.01. The fourth-order valence-electron chi connectivity index (χ4n) is 2.14. The van der Waals surface area contributed by atoms with Crippen LogP contribution in [0.2, 0.25) is 0 Å². The van der Waals surface area contributed by atoms with E-state index in [0.717, 1.165) is 11.2 Å². The zero-order valence-corrected chi connectivity index (χ0v) is 11.3. The summed E-state index contributed by atoms with van der Waals surface area (Å²) in [6, 6.07) is 8.49. The number of aryl methyl sites for hydroxylation is 1. The minimum absolute atomic E-state index is 0. The first-order valence-electron chi connectivity index (χ1n) is 5.84. The molecular formula is C16H14CuN. The summed E-state index contributed by atoms with van der Waals surface area (Å²) in [6.07, 6.45) is 8.61. The van der Waals surface area contributed by atoms with E-state index in [4.69, 9.17) is 0 Å². The van der Waals surface area contributed by atoms with Crippen molar-refractivity contribution in [2.45, 2.75) is 13.8 Å². The molecule has 0 saturated carbocycles. The monoisotopic (exact) mass is 283 g/mol. The van der Waals surface area contributed by atoms with Crippen LogP contribution in [0.1, 0.15) is 12.6 Å². The van der Waals surface area contributed by atoms with Crippen molar-refractivity contribution in [2.75, 3.05) is 0 Å². The molecule has 1 aliphatic rings. The normalized spacial score (nSPS) is 13.1. The van der Waals surface area contributed by atoms with E-state index in [0.29, 0.717) is 0 Å². The first kappa shape index (κ1) is 12.9. The summed E-state index contributed by atoms with van der Waals surface area (Å²) in [7, 11) is 0. The second-order valence-electron chi connectivity index (χ2n) is 4.50. The van der Waals surface area contributed by atoms with Crippen LogP contribution < -0.4 is 10.4 Å². The second-order valence-corrected chi connectivity index (χ2v) is 4.50. The summed E-state index contributed by atoms with van der Waals surface area (Å²) in [5.74, 6) is 0. The Balaban J connectivity index is 0.00000120. The molecule has 0 unspecified atom stereocenters. The maximum absolute atomic E-state index is 4.66. The number of hydrogen-bond donors (Lipinski definition) is 0. The molecule has 18 heavy (non-hydrogen) atoms. The number of aromatic nitrogens is 1. The van der Waals surface area contributed by atoms with Gasteiger partial charge in [-0.2, -0.15) is 24.1 Å². The van der Waals surface area contributed by atoms with Crippen molar-refractivity contribution in [3.05, 3.63) is 58.5 Å². The van der Waals surface area contributed by atoms with Crippen LogP contribution in [-0.2, 0) is 17.1 Å². The van der Waals surface area contributed by atoms with Gasteiger partial charge in [0.1, 0.15) is 0 Å². The van der Waals surface area contributed by atoms with Gasteiger partial charge in [-0.15, -0.1) is 6.08 Å². The van der Waals surface area contributed by atoms with Gasteiger partial charge in [0.15, 0.2) is 0 Å². The Kier molecular flexibility index (Phi) is 3.60. The van der Waals surface area contributed by atoms with Gasteiger partial charge in [0, 0.05) is 11.2 Å². The van der Waals surface area contributed by atoms with Gasteiger partial charge in [-0.05, 0) is 18.4 Å². The number of hydrogen-bond acceptors (Lipinski definition) is 1. The van der Waals surface area contributed by atoms with Crippen LogP contribution >= 0.6 is 0 Å². The molecule has 0 saturated heterocycles. The molecule has 1 aromatic heterocycles. The molecule has 2 aromatic rings. The molecule has 2 heteroatoms. The predicted octanol–water partition coefficient (Wildman–Crippen LogP) is 2.27. The van der Waals surface area contributed by atoms with E-state index in [-0.39, 0.29) is 17.1 Å². The molecule has 0 amide bonds.